The fraction of sp³-hybridized carbons (Fsp3) is 0.423. The molecule has 1 unspecified atom stereocenters. The van der Waals surface area contributed by atoms with Gasteiger partial charge in [-0.3, -0.25) is 9.59 Å². The summed E-state index contributed by atoms with van der Waals surface area (Å²) in [6.07, 6.45) is 2.12. The summed E-state index contributed by atoms with van der Waals surface area (Å²) in [5.41, 5.74) is 5.90. The summed E-state index contributed by atoms with van der Waals surface area (Å²) in [7, 11) is 0. The Morgan fingerprint density at radius 2 is 1.90 bits per heavy atom. The number of amides is 1. The van der Waals surface area contributed by atoms with Gasteiger partial charge in [-0.05, 0) is 54.8 Å². The number of fused-ring (bicyclic) bond motifs is 1. The maximum atomic E-state index is 12.5. The van der Waals surface area contributed by atoms with E-state index in [-0.39, 0.29) is 17.2 Å². The Morgan fingerprint density at radius 3 is 2.53 bits per heavy atom. The molecule has 0 fully saturated rings. The van der Waals surface area contributed by atoms with Gasteiger partial charge in [0.2, 0.25) is 0 Å². The average Bonchev–Trinajstić information content (AvgIpc) is 3.01. The number of aliphatic imine (C=N–C) groups is 1. The quantitative estimate of drug-likeness (QED) is 0.522. The molecular weight excluding hydrogens is 372 g/mol. The van der Waals surface area contributed by atoms with Gasteiger partial charge in [-0.2, -0.15) is 0 Å². The third-order valence-electron chi connectivity index (χ3n) is 6.33. The molecule has 0 spiro atoms. The highest BCUT2D eigenvalue weighted by Gasteiger charge is 2.37. The van der Waals surface area contributed by atoms with Crippen molar-refractivity contribution in [2.24, 2.45) is 4.99 Å². The van der Waals surface area contributed by atoms with E-state index in [0.717, 1.165) is 29.9 Å². The summed E-state index contributed by atoms with van der Waals surface area (Å²) < 4.78 is 0. The molecule has 1 amide bonds. The topological polar surface area (TPSA) is 49.7 Å². The van der Waals surface area contributed by atoms with Gasteiger partial charge in [0, 0.05) is 30.5 Å². The van der Waals surface area contributed by atoms with E-state index < -0.39 is 0 Å². The smallest absolute Gasteiger partial charge is 0.278 e. The van der Waals surface area contributed by atoms with Gasteiger partial charge in [-0.15, -0.1) is 0 Å². The molecule has 0 aliphatic carbocycles. The number of carbonyl (C=O) groups excluding carboxylic acids is 2. The monoisotopic (exact) mass is 404 g/mol. The molecule has 0 radical (unpaired) electrons. The Morgan fingerprint density at radius 1 is 1.17 bits per heavy atom. The Kier molecular flexibility index (Phi) is 6.25. The molecule has 2 aromatic carbocycles. The van der Waals surface area contributed by atoms with Gasteiger partial charge in [-0.25, -0.2) is 4.99 Å². The molecule has 0 aromatic heterocycles. The lowest BCUT2D eigenvalue weighted by Gasteiger charge is -2.25. The second-order valence-electron chi connectivity index (χ2n) is 8.88. The highest BCUT2D eigenvalue weighted by atomic mass is 16.1. The van der Waals surface area contributed by atoms with Crippen molar-refractivity contribution < 1.29 is 9.59 Å². The van der Waals surface area contributed by atoms with Crippen LogP contribution >= 0.6 is 0 Å². The lowest BCUT2D eigenvalue weighted by atomic mass is 9.83. The Bertz CT molecular complexity index is 991. The minimum atomic E-state index is -0.296. The molecule has 1 heterocycles. The summed E-state index contributed by atoms with van der Waals surface area (Å²) in [6, 6.07) is 12.5. The first kappa shape index (κ1) is 21.9. The van der Waals surface area contributed by atoms with Crippen LogP contribution in [0.4, 0.5) is 11.4 Å². The van der Waals surface area contributed by atoms with E-state index in [4.69, 9.17) is 0 Å². The first-order chi connectivity index (χ1) is 14.2. The summed E-state index contributed by atoms with van der Waals surface area (Å²) in [5.74, 6) is 0.256. The average molecular weight is 405 g/mol. The molecule has 3 rings (SSSR count). The summed E-state index contributed by atoms with van der Waals surface area (Å²) in [5, 5.41) is 0. The number of nitrogens with zero attached hydrogens (tertiary/aromatic N) is 2. The molecule has 1 aliphatic heterocycles. The zero-order chi connectivity index (χ0) is 22.1. The number of Topliss-reactive ketones (excluding diaryl/α,β-unsaturated/α-hetero) is 1. The van der Waals surface area contributed by atoms with E-state index >= 15 is 0 Å². The minimum Gasteiger partial charge on any atom is -0.340 e. The van der Waals surface area contributed by atoms with E-state index in [1.165, 1.54) is 11.1 Å². The van der Waals surface area contributed by atoms with Crippen LogP contribution in [-0.4, -0.2) is 25.0 Å². The van der Waals surface area contributed by atoms with Crippen molar-refractivity contribution >= 4 is 29.8 Å². The van der Waals surface area contributed by atoms with Crippen molar-refractivity contribution in [3.8, 4) is 0 Å². The van der Waals surface area contributed by atoms with E-state index in [0.29, 0.717) is 24.2 Å². The molecule has 0 bridgehead atoms. The predicted molar refractivity (Wildman–Crippen MR) is 124 cm³/mol. The van der Waals surface area contributed by atoms with Crippen LogP contribution in [0.25, 0.3) is 0 Å². The van der Waals surface area contributed by atoms with Gasteiger partial charge in [0.1, 0.15) is 5.78 Å². The molecule has 0 N–H and O–H groups in total. The second kappa shape index (κ2) is 8.55. The molecule has 0 saturated carbocycles. The first-order valence-corrected chi connectivity index (χ1v) is 10.8. The minimum absolute atomic E-state index is 0.0793. The predicted octanol–water partition coefficient (Wildman–Crippen LogP) is 6.13. The van der Waals surface area contributed by atoms with Crippen LogP contribution in [0.15, 0.2) is 41.4 Å². The number of anilines is 2. The standard InChI is InChI=1S/C26H32N2O2/c1-7-18(14-20(29)8-2)19-12-13-22-21(15-19)26(4,5)16-28(22)23-11-9-10-17(3)24(23)25(30)27-6/h9-13,15,18H,6-8,14,16H2,1-5H3. The highest BCUT2D eigenvalue weighted by molar-refractivity contribution is 6.04. The molecule has 1 aliphatic rings. The lowest BCUT2D eigenvalue weighted by Crippen LogP contribution is -2.26. The Balaban J connectivity index is 2.08. The SMILES string of the molecule is C=NC(=O)c1c(C)cccc1N1CC(C)(C)c2cc(C(CC)CC(=O)CC)ccc21. The maximum absolute atomic E-state index is 12.5. The maximum Gasteiger partial charge on any atom is 0.278 e. The summed E-state index contributed by atoms with van der Waals surface area (Å²) in [4.78, 5) is 30.5. The molecule has 2 aromatic rings. The van der Waals surface area contributed by atoms with Crippen LogP contribution < -0.4 is 4.90 Å². The number of benzene rings is 2. The normalized spacial score (nSPS) is 15.6. The summed E-state index contributed by atoms with van der Waals surface area (Å²) >= 11 is 0. The van der Waals surface area contributed by atoms with Gasteiger partial charge >= 0.3 is 0 Å². The van der Waals surface area contributed by atoms with E-state index in [1.54, 1.807) is 0 Å². The summed E-state index contributed by atoms with van der Waals surface area (Å²) in [6.45, 7) is 14.7. The van der Waals surface area contributed by atoms with Crippen molar-refractivity contribution in [1.82, 2.24) is 0 Å². The molecule has 30 heavy (non-hydrogen) atoms. The van der Waals surface area contributed by atoms with Crippen LogP contribution in [0.3, 0.4) is 0 Å². The third-order valence-corrected chi connectivity index (χ3v) is 6.33. The number of carbonyl (C=O) groups is 2. The van der Waals surface area contributed by atoms with E-state index in [1.807, 2.05) is 32.0 Å². The van der Waals surface area contributed by atoms with E-state index in [9.17, 15) is 9.59 Å². The van der Waals surface area contributed by atoms with Gasteiger partial charge in [0.25, 0.3) is 5.91 Å². The molecule has 158 valence electrons. The van der Waals surface area contributed by atoms with Gasteiger partial charge in [0.05, 0.1) is 11.3 Å². The van der Waals surface area contributed by atoms with Crippen LogP contribution in [-0.2, 0) is 10.2 Å². The number of aryl methyl sites for hydroxylation is 1. The third kappa shape index (κ3) is 3.96. The zero-order valence-corrected chi connectivity index (χ0v) is 18.8. The van der Waals surface area contributed by atoms with Crippen molar-refractivity contribution in [1.29, 1.82) is 0 Å². The first-order valence-electron chi connectivity index (χ1n) is 10.8. The van der Waals surface area contributed by atoms with Gasteiger partial charge in [-0.1, -0.05) is 52.0 Å². The van der Waals surface area contributed by atoms with Crippen LogP contribution in [0.1, 0.15) is 79.9 Å². The largest absolute Gasteiger partial charge is 0.340 e. The van der Waals surface area contributed by atoms with Crippen molar-refractivity contribution in [3.05, 3.63) is 58.7 Å². The van der Waals surface area contributed by atoms with Crippen molar-refractivity contribution in [2.75, 3.05) is 11.4 Å². The lowest BCUT2D eigenvalue weighted by molar-refractivity contribution is -0.119. The molecule has 4 nitrogen and oxygen atoms in total. The number of ketones is 1. The fourth-order valence-electron chi connectivity index (χ4n) is 4.52. The molecular formula is C26H32N2O2. The van der Waals surface area contributed by atoms with E-state index in [2.05, 4.69) is 55.6 Å². The Hall–Kier alpha value is -2.75. The van der Waals surface area contributed by atoms with Crippen LogP contribution in [0, 0.1) is 6.92 Å². The van der Waals surface area contributed by atoms with Crippen LogP contribution in [0.2, 0.25) is 0 Å². The highest BCUT2D eigenvalue weighted by Crippen LogP contribution is 2.46. The number of rotatable bonds is 7. The number of hydrogen-bond donors (Lipinski definition) is 0. The number of hydrogen-bond acceptors (Lipinski definition) is 3. The van der Waals surface area contributed by atoms with Crippen molar-refractivity contribution in [3.63, 3.8) is 0 Å². The van der Waals surface area contributed by atoms with Crippen molar-refractivity contribution in [2.45, 2.75) is 65.2 Å². The second-order valence-corrected chi connectivity index (χ2v) is 8.88. The Labute approximate surface area is 180 Å². The van der Waals surface area contributed by atoms with Crippen LogP contribution in [0.5, 0.6) is 0 Å². The fourth-order valence-corrected chi connectivity index (χ4v) is 4.52. The molecule has 1 atom stereocenters. The molecule has 4 heteroatoms. The van der Waals surface area contributed by atoms with Gasteiger partial charge in [0.15, 0.2) is 0 Å². The molecule has 0 saturated heterocycles. The zero-order valence-electron chi connectivity index (χ0n) is 18.8. The van der Waals surface area contributed by atoms with Gasteiger partial charge < -0.3 is 4.90 Å².